The molecule has 0 fully saturated rings. The number of nitrogens with zero attached hydrogens (tertiary/aromatic N) is 2. The van der Waals surface area contributed by atoms with Gasteiger partial charge in [-0.1, -0.05) is 0 Å². The summed E-state index contributed by atoms with van der Waals surface area (Å²) in [6.45, 7) is -0.861. The smallest absolute Gasteiger partial charge is 0.396 e. The normalized spacial score (nSPS) is 24.1. The number of anilines is 1. The van der Waals surface area contributed by atoms with Gasteiger partial charge in [-0.15, -0.1) is 0 Å². The first-order valence-corrected chi connectivity index (χ1v) is 6.24. The van der Waals surface area contributed by atoms with E-state index in [0.717, 1.165) is 0 Å². The second kappa shape index (κ2) is 5.84. The van der Waals surface area contributed by atoms with Crippen molar-refractivity contribution in [2.24, 2.45) is 11.0 Å². The molecule has 2 unspecified atom stereocenters. The summed E-state index contributed by atoms with van der Waals surface area (Å²) in [4.78, 5) is 0. The molecule has 12 heteroatoms. The monoisotopic (exact) mass is 364 g/mol. The zero-order valence-electron chi connectivity index (χ0n) is 11.4. The van der Waals surface area contributed by atoms with Gasteiger partial charge in [0.25, 0.3) is 5.72 Å². The number of aliphatic hydroxyl groups is 2. The van der Waals surface area contributed by atoms with Crippen molar-refractivity contribution in [3.05, 3.63) is 29.1 Å². The minimum Gasteiger partial charge on any atom is -0.396 e. The van der Waals surface area contributed by atoms with Crippen LogP contribution in [0.3, 0.4) is 0 Å². The van der Waals surface area contributed by atoms with E-state index in [4.69, 9.17) is 5.11 Å². The number of rotatable bonds is 3. The second-order valence-corrected chi connectivity index (χ2v) is 4.84. The Morgan fingerprint density at radius 2 is 1.46 bits per heavy atom. The van der Waals surface area contributed by atoms with Gasteiger partial charge in [-0.25, -0.2) is 27.0 Å². The van der Waals surface area contributed by atoms with Gasteiger partial charge in [0.2, 0.25) is 5.82 Å². The molecule has 2 atom stereocenters. The summed E-state index contributed by atoms with van der Waals surface area (Å²) in [5.41, 5.74) is -6.16. The molecule has 1 aliphatic heterocycles. The van der Waals surface area contributed by atoms with Crippen molar-refractivity contribution in [2.75, 3.05) is 11.6 Å². The standard InChI is InChI=1S/C12H8F8N2O2/c13-5-6(14)8(16)10(9(17)7(5)15)22-11(24,12(18,19)20)4(1-2-23)3-21-22/h3-4,23-24H,1-2H2. The fourth-order valence-corrected chi connectivity index (χ4v) is 2.25. The summed E-state index contributed by atoms with van der Waals surface area (Å²) in [5.74, 6) is -14.7. The van der Waals surface area contributed by atoms with Crippen LogP contribution in [0.4, 0.5) is 40.8 Å². The van der Waals surface area contributed by atoms with Crippen LogP contribution in [0.15, 0.2) is 5.10 Å². The molecule has 1 aliphatic rings. The number of hydrogen-bond acceptors (Lipinski definition) is 4. The first-order chi connectivity index (χ1) is 11.0. The summed E-state index contributed by atoms with van der Waals surface area (Å²) in [5, 5.41) is 20.9. The van der Waals surface area contributed by atoms with Crippen LogP contribution < -0.4 is 5.01 Å². The van der Waals surface area contributed by atoms with Gasteiger partial charge in [-0.2, -0.15) is 18.3 Å². The maximum atomic E-state index is 13.7. The third-order valence-electron chi connectivity index (χ3n) is 3.46. The maximum absolute atomic E-state index is 13.7. The Hall–Kier alpha value is -1.95. The average Bonchev–Trinajstić information content (AvgIpc) is 2.82. The van der Waals surface area contributed by atoms with Crippen molar-refractivity contribution in [1.29, 1.82) is 0 Å². The number of hydrazone groups is 1. The minimum absolute atomic E-state index is 0.405. The van der Waals surface area contributed by atoms with Crippen LogP contribution >= 0.6 is 0 Å². The lowest BCUT2D eigenvalue weighted by molar-refractivity contribution is -0.269. The quantitative estimate of drug-likeness (QED) is 0.492. The van der Waals surface area contributed by atoms with E-state index in [1.165, 1.54) is 0 Å². The summed E-state index contributed by atoms with van der Waals surface area (Å²) < 4.78 is 107. The summed E-state index contributed by atoms with van der Waals surface area (Å²) in [7, 11) is 0. The van der Waals surface area contributed by atoms with Gasteiger partial charge in [0, 0.05) is 12.8 Å². The van der Waals surface area contributed by atoms with Crippen molar-refractivity contribution in [3.8, 4) is 0 Å². The number of hydrogen-bond donors (Lipinski definition) is 2. The van der Waals surface area contributed by atoms with Gasteiger partial charge in [-0.3, -0.25) is 0 Å². The molecule has 0 radical (unpaired) electrons. The molecular weight excluding hydrogens is 356 g/mol. The molecule has 0 spiro atoms. The Morgan fingerprint density at radius 3 is 1.88 bits per heavy atom. The van der Waals surface area contributed by atoms with E-state index < -0.39 is 70.6 Å². The first-order valence-electron chi connectivity index (χ1n) is 6.24. The van der Waals surface area contributed by atoms with Gasteiger partial charge < -0.3 is 10.2 Å². The van der Waals surface area contributed by atoms with E-state index >= 15 is 0 Å². The van der Waals surface area contributed by atoms with E-state index in [0.29, 0.717) is 6.21 Å². The molecular formula is C12H8F8N2O2. The van der Waals surface area contributed by atoms with Gasteiger partial charge >= 0.3 is 6.18 Å². The largest absolute Gasteiger partial charge is 0.439 e. The van der Waals surface area contributed by atoms with Crippen LogP contribution in [0.25, 0.3) is 0 Å². The van der Waals surface area contributed by atoms with Crippen molar-refractivity contribution >= 4 is 11.9 Å². The average molecular weight is 364 g/mol. The van der Waals surface area contributed by atoms with Crippen LogP contribution in [0.1, 0.15) is 6.42 Å². The zero-order valence-corrected chi connectivity index (χ0v) is 11.4. The van der Waals surface area contributed by atoms with Crippen molar-refractivity contribution in [1.82, 2.24) is 0 Å². The van der Waals surface area contributed by atoms with E-state index in [1.807, 2.05) is 0 Å². The third-order valence-corrected chi connectivity index (χ3v) is 3.46. The molecule has 4 nitrogen and oxygen atoms in total. The number of benzene rings is 1. The van der Waals surface area contributed by atoms with Crippen molar-refractivity contribution in [3.63, 3.8) is 0 Å². The molecule has 1 heterocycles. The topological polar surface area (TPSA) is 56.1 Å². The Kier molecular flexibility index (Phi) is 4.48. The van der Waals surface area contributed by atoms with Gasteiger partial charge in [0.15, 0.2) is 23.3 Å². The second-order valence-electron chi connectivity index (χ2n) is 4.84. The summed E-state index contributed by atoms with van der Waals surface area (Å²) >= 11 is 0. The van der Waals surface area contributed by atoms with Gasteiger partial charge in [0.05, 0.1) is 5.92 Å². The van der Waals surface area contributed by atoms with Crippen LogP contribution in [-0.2, 0) is 0 Å². The van der Waals surface area contributed by atoms with E-state index in [2.05, 4.69) is 5.10 Å². The molecule has 134 valence electrons. The number of halogens is 8. The number of aliphatic hydroxyl groups excluding tert-OH is 1. The number of alkyl halides is 3. The van der Waals surface area contributed by atoms with E-state index in [1.54, 1.807) is 0 Å². The highest BCUT2D eigenvalue weighted by atomic mass is 19.4. The predicted molar refractivity (Wildman–Crippen MR) is 63.4 cm³/mol. The molecule has 1 aromatic rings. The predicted octanol–water partition coefficient (Wildman–Crippen LogP) is 2.44. The highest BCUT2D eigenvalue weighted by molar-refractivity contribution is 5.72. The lowest BCUT2D eigenvalue weighted by Gasteiger charge is -2.38. The Balaban J connectivity index is 2.71. The van der Waals surface area contributed by atoms with Gasteiger partial charge in [0.1, 0.15) is 5.69 Å². The van der Waals surface area contributed by atoms with Crippen LogP contribution in [0.2, 0.25) is 0 Å². The lowest BCUT2D eigenvalue weighted by Crippen LogP contribution is -2.60. The molecule has 0 aromatic heterocycles. The van der Waals surface area contributed by atoms with E-state index in [9.17, 15) is 40.2 Å². The SMILES string of the molecule is OCCC1C=NN(c2c(F)c(F)c(F)c(F)c2F)C1(O)C(F)(F)F. The Labute approximate surface area is 128 Å². The lowest BCUT2D eigenvalue weighted by atomic mass is 9.93. The molecule has 1 aromatic carbocycles. The van der Waals surface area contributed by atoms with Crippen LogP contribution in [0.5, 0.6) is 0 Å². The molecule has 0 bridgehead atoms. The molecule has 2 rings (SSSR count). The first kappa shape index (κ1) is 18.4. The minimum atomic E-state index is -5.59. The third kappa shape index (κ3) is 2.40. The van der Waals surface area contributed by atoms with Crippen LogP contribution in [-0.4, -0.2) is 34.9 Å². The molecule has 0 saturated heterocycles. The zero-order chi connectivity index (χ0) is 18.4. The van der Waals surface area contributed by atoms with Crippen molar-refractivity contribution < 1.29 is 45.3 Å². The van der Waals surface area contributed by atoms with Crippen molar-refractivity contribution in [2.45, 2.75) is 18.3 Å². The summed E-state index contributed by atoms with van der Waals surface area (Å²) in [6.07, 6.45) is -5.92. The molecule has 0 saturated carbocycles. The fourth-order valence-electron chi connectivity index (χ4n) is 2.25. The highest BCUT2D eigenvalue weighted by Gasteiger charge is 2.65. The highest BCUT2D eigenvalue weighted by Crippen LogP contribution is 2.47. The molecule has 2 N–H and O–H groups in total. The Bertz CT molecular complexity index is 664. The molecule has 0 amide bonds. The summed E-state index contributed by atoms with van der Waals surface area (Å²) in [6, 6.07) is 0. The Morgan fingerprint density at radius 1 is 1.00 bits per heavy atom. The van der Waals surface area contributed by atoms with Gasteiger partial charge in [-0.05, 0) is 6.42 Å². The van der Waals surface area contributed by atoms with Crippen LogP contribution in [0, 0.1) is 35.0 Å². The van der Waals surface area contributed by atoms with E-state index in [-0.39, 0.29) is 0 Å². The fraction of sp³-hybridized carbons (Fsp3) is 0.417. The molecule has 0 aliphatic carbocycles. The molecule has 24 heavy (non-hydrogen) atoms. The maximum Gasteiger partial charge on any atom is 0.439 e.